The van der Waals surface area contributed by atoms with E-state index in [9.17, 15) is 9.59 Å². The zero-order valence-corrected chi connectivity index (χ0v) is 25.9. The Bertz CT molecular complexity index is 1720. The van der Waals surface area contributed by atoms with Crippen molar-refractivity contribution in [2.75, 3.05) is 27.4 Å². The highest BCUT2D eigenvalue weighted by Crippen LogP contribution is 2.29. The molecular weight excluding hydrogens is 564 g/mol. The van der Waals surface area contributed by atoms with Crippen LogP contribution in [0.3, 0.4) is 0 Å². The van der Waals surface area contributed by atoms with Crippen molar-refractivity contribution in [2.24, 2.45) is 0 Å². The fraction of sp³-hybridized carbons (Fsp3) is 0.179. The van der Waals surface area contributed by atoms with Crippen LogP contribution in [0, 0.1) is 11.8 Å². The van der Waals surface area contributed by atoms with Crippen molar-refractivity contribution in [2.45, 2.75) is 19.8 Å². The van der Waals surface area contributed by atoms with Gasteiger partial charge in [-0.1, -0.05) is 92.9 Å². The first kappa shape index (κ1) is 32.7. The van der Waals surface area contributed by atoms with Crippen molar-refractivity contribution in [1.82, 2.24) is 0 Å². The number of carbonyl (C=O) groups is 2. The summed E-state index contributed by atoms with van der Waals surface area (Å²) in [5, 5.41) is 0. The minimum atomic E-state index is -0.594. The maximum atomic E-state index is 12.6. The molecule has 0 saturated heterocycles. The molecule has 0 spiro atoms. The standard InChI is InChI=1S/C39H36O6/c1-6-7-29-8-13-31(14-9-29)32-15-10-30(11-16-32)12-17-35-24-34(20-23-37(35)45-39(41)28(3)26-43-5)33-18-21-36(22-19-33)44-38(40)27(2)25-42-4/h8-11,13-16,18-24H,2-3,6-7,25-26H2,1,4-5H3. The van der Waals surface area contributed by atoms with Gasteiger partial charge in [-0.2, -0.15) is 0 Å². The highest BCUT2D eigenvalue weighted by molar-refractivity contribution is 5.90. The molecule has 0 aliphatic carbocycles. The molecule has 0 radical (unpaired) electrons. The second kappa shape index (κ2) is 16.0. The maximum absolute atomic E-state index is 12.6. The van der Waals surface area contributed by atoms with Crippen LogP contribution in [0.25, 0.3) is 22.3 Å². The summed E-state index contributed by atoms with van der Waals surface area (Å²) in [7, 11) is 2.97. The van der Waals surface area contributed by atoms with Crippen LogP contribution in [0.5, 0.6) is 11.5 Å². The molecule has 0 heterocycles. The van der Waals surface area contributed by atoms with Crippen LogP contribution >= 0.6 is 0 Å². The number of methoxy groups -OCH3 is 2. The number of carbonyl (C=O) groups excluding carboxylic acids is 2. The van der Waals surface area contributed by atoms with Crippen molar-refractivity contribution in [3.63, 3.8) is 0 Å². The van der Waals surface area contributed by atoms with E-state index in [1.165, 1.54) is 19.8 Å². The molecule has 6 nitrogen and oxygen atoms in total. The minimum Gasteiger partial charge on any atom is -0.423 e. The van der Waals surface area contributed by atoms with E-state index in [0.717, 1.165) is 40.7 Å². The fourth-order valence-corrected chi connectivity index (χ4v) is 4.47. The van der Waals surface area contributed by atoms with Gasteiger partial charge >= 0.3 is 11.9 Å². The first-order chi connectivity index (χ1) is 21.8. The van der Waals surface area contributed by atoms with Crippen LogP contribution in [0.1, 0.15) is 30.0 Å². The molecule has 0 saturated carbocycles. The van der Waals surface area contributed by atoms with E-state index in [1.54, 1.807) is 18.2 Å². The van der Waals surface area contributed by atoms with Gasteiger partial charge in [0.15, 0.2) is 0 Å². The van der Waals surface area contributed by atoms with Gasteiger partial charge in [-0.15, -0.1) is 0 Å². The first-order valence-electron chi connectivity index (χ1n) is 14.5. The van der Waals surface area contributed by atoms with Crippen molar-refractivity contribution in [3.8, 4) is 45.6 Å². The third-order valence-corrected chi connectivity index (χ3v) is 6.85. The molecule has 6 heteroatoms. The third-order valence-electron chi connectivity index (χ3n) is 6.85. The summed E-state index contributed by atoms with van der Waals surface area (Å²) < 4.78 is 21.0. The van der Waals surface area contributed by atoms with Crippen LogP contribution < -0.4 is 9.47 Å². The van der Waals surface area contributed by atoms with Gasteiger partial charge < -0.3 is 18.9 Å². The van der Waals surface area contributed by atoms with E-state index >= 15 is 0 Å². The highest BCUT2D eigenvalue weighted by atomic mass is 16.5. The van der Waals surface area contributed by atoms with Gasteiger partial charge in [0, 0.05) is 19.8 Å². The molecule has 0 aromatic heterocycles. The number of hydrogen-bond acceptors (Lipinski definition) is 6. The molecule has 0 amide bonds. The van der Waals surface area contributed by atoms with E-state index in [2.05, 4.69) is 56.2 Å². The molecule has 0 unspecified atom stereocenters. The van der Waals surface area contributed by atoms with Gasteiger partial charge in [-0.25, -0.2) is 9.59 Å². The quantitative estimate of drug-likeness (QED) is 0.0722. The molecule has 0 N–H and O–H groups in total. The van der Waals surface area contributed by atoms with E-state index in [4.69, 9.17) is 18.9 Å². The van der Waals surface area contributed by atoms with Crippen molar-refractivity contribution < 1.29 is 28.5 Å². The fourth-order valence-electron chi connectivity index (χ4n) is 4.47. The summed E-state index contributed by atoms with van der Waals surface area (Å²) in [5.41, 5.74) is 7.01. The molecule has 0 fully saturated rings. The Kier molecular flexibility index (Phi) is 11.6. The number of rotatable bonds is 12. The molecule has 0 atom stereocenters. The Morgan fingerprint density at radius 3 is 1.73 bits per heavy atom. The third kappa shape index (κ3) is 9.14. The smallest absolute Gasteiger partial charge is 0.341 e. The van der Waals surface area contributed by atoms with Crippen molar-refractivity contribution in [1.29, 1.82) is 0 Å². The van der Waals surface area contributed by atoms with Gasteiger partial charge in [-0.3, -0.25) is 0 Å². The minimum absolute atomic E-state index is 0.0569. The molecule has 4 aromatic carbocycles. The molecule has 228 valence electrons. The molecule has 4 aromatic rings. The Morgan fingerprint density at radius 2 is 1.16 bits per heavy atom. The van der Waals surface area contributed by atoms with Gasteiger partial charge in [-0.05, 0) is 70.6 Å². The lowest BCUT2D eigenvalue weighted by Crippen LogP contribution is -2.14. The largest absolute Gasteiger partial charge is 0.423 e. The monoisotopic (exact) mass is 600 g/mol. The highest BCUT2D eigenvalue weighted by Gasteiger charge is 2.14. The molecule has 4 rings (SSSR count). The number of esters is 2. The summed E-state index contributed by atoms with van der Waals surface area (Å²) in [6, 6.07) is 29.1. The molecule has 45 heavy (non-hydrogen) atoms. The van der Waals surface area contributed by atoms with Crippen LogP contribution in [-0.4, -0.2) is 39.4 Å². The first-order valence-corrected chi connectivity index (χ1v) is 14.5. The topological polar surface area (TPSA) is 71.1 Å². The Morgan fingerprint density at radius 1 is 0.644 bits per heavy atom. The lowest BCUT2D eigenvalue weighted by molar-refractivity contribution is -0.131. The zero-order valence-electron chi connectivity index (χ0n) is 25.9. The lowest BCUT2D eigenvalue weighted by Gasteiger charge is -2.11. The maximum Gasteiger partial charge on any atom is 0.341 e. The normalized spacial score (nSPS) is 10.4. The molecule has 0 aliphatic heterocycles. The van der Waals surface area contributed by atoms with Crippen LogP contribution in [-0.2, 0) is 25.5 Å². The molecular formula is C39H36O6. The van der Waals surface area contributed by atoms with Gasteiger partial charge in [0.2, 0.25) is 0 Å². The van der Waals surface area contributed by atoms with E-state index in [-0.39, 0.29) is 24.4 Å². The predicted octanol–water partition coefficient (Wildman–Crippen LogP) is 7.59. The van der Waals surface area contributed by atoms with Gasteiger partial charge in [0.05, 0.1) is 29.9 Å². The summed E-state index contributed by atoms with van der Waals surface area (Å²) >= 11 is 0. The number of ether oxygens (including phenoxy) is 4. The summed E-state index contributed by atoms with van der Waals surface area (Å²) in [5.74, 6) is 5.91. The second-order valence-electron chi connectivity index (χ2n) is 10.4. The summed E-state index contributed by atoms with van der Waals surface area (Å²) in [6.45, 7) is 9.74. The average molecular weight is 601 g/mol. The summed E-state index contributed by atoms with van der Waals surface area (Å²) in [4.78, 5) is 24.8. The van der Waals surface area contributed by atoms with Crippen LogP contribution in [0.4, 0.5) is 0 Å². The Hall–Kier alpha value is -5.22. The molecule has 0 bridgehead atoms. The average Bonchev–Trinajstić information content (AvgIpc) is 3.05. The number of aryl methyl sites for hydroxylation is 1. The number of hydrogen-bond donors (Lipinski definition) is 0. The van der Waals surface area contributed by atoms with Crippen molar-refractivity contribution >= 4 is 11.9 Å². The molecule has 0 aliphatic rings. The zero-order chi connectivity index (χ0) is 32.2. The van der Waals surface area contributed by atoms with E-state index in [1.807, 2.05) is 48.5 Å². The van der Waals surface area contributed by atoms with Crippen LogP contribution in [0.15, 0.2) is 115 Å². The Balaban J connectivity index is 1.59. The predicted molar refractivity (Wildman–Crippen MR) is 177 cm³/mol. The van der Waals surface area contributed by atoms with E-state index < -0.39 is 11.9 Å². The van der Waals surface area contributed by atoms with Gasteiger partial charge in [0.1, 0.15) is 11.5 Å². The van der Waals surface area contributed by atoms with Crippen molar-refractivity contribution in [3.05, 3.63) is 132 Å². The lowest BCUT2D eigenvalue weighted by atomic mass is 10.0. The SMILES string of the molecule is C=C(COC)C(=O)Oc1ccc(-c2ccc(OC(=O)C(=C)COC)c(C#Cc3ccc(-c4ccc(CCC)cc4)cc3)c2)cc1. The summed E-state index contributed by atoms with van der Waals surface area (Å²) in [6.07, 6.45) is 2.19. The van der Waals surface area contributed by atoms with Crippen LogP contribution in [0.2, 0.25) is 0 Å². The van der Waals surface area contributed by atoms with E-state index in [0.29, 0.717) is 17.1 Å². The Labute approximate surface area is 264 Å². The van der Waals surface area contributed by atoms with Gasteiger partial charge in [0.25, 0.3) is 0 Å². The number of benzene rings is 4. The second-order valence-corrected chi connectivity index (χ2v) is 10.4.